The van der Waals surface area contributed by atoms with Crippen molar-refractivity contribution >= 4 is 17.3 Å². The largest absolute Gasteiger partial charge is 0.271 e. The molecule has 0 atom stereocenters. The van der Waals surface area contributed by atoms with Crippen LogP contribution in [0.3, 0.4) is 0 Å². The first kappa shape index (κ1) is 19.6. The molecule has 0 heterocycles. The van der Waals surface area contributed by atoms with Gasteiger partial charge in [-0.2, -0.15) is 5.10 Å². The molecule has 26 heavy (non-hydrogen) atoms. The highest BCUT2D eigenvalue weighted by Gasteiger charge is 2.26. The third kappa shape index (κ3) is 4.88. The van der Waals surface area contributed by atoms with Crippen molar-refractivity contribution < 1.29 is 9.72 Å². The minimum atomic E-state index is -0.502. The van der Waals surface area contributed by atoms with Gasteiger partial charge < -0.3 is 0 Å². The maximum atomic E-state index is 12.1. The number of carbonyl (C=O) groups is 1. The molecule has 1 N–H and O–H groups in total. The lowest BCUT2D eigenvalue weighted by Gasteiger charge is -2.32. The minimum Gasteiger partial charge on any atom is -0.267 e. The summed E-state index contributed by atoms with van der Waals surface area (Å²) >= 11 is 0. The van der Waals surface area contributed by atoms with Crippen molar-refractivity contribution in [3.8, 4) is 0 Å². The fourth-order valence-corrected chi connectivity index (χ4v) is 3.19. The molecule has 0 aromatic heterocycles. The Bertz CT molecular complexity index is 787. The van der Waals surface area contributed by atoms with E-state index < -0.39 is 10.8 Å². The van der Waals surface area contributed by atoms with Crippen molar-refractivity contribution in [1.29, 1.82) is 0 Å². The Morgan fingerprint density at radius 2 is 1.96 bits per heavy atom. The average Bonchev–Trinajstić information content (AvgIpc) is 2.58. The molecule has 2 rings (SSSR count). The van der Waals surface area contributed by atoms with Crippen molar-refractivity contribution in [3.05, 3.63) is 63.2 Å². The van der Waals surface area contributed by atoms with Crippen molar-refractivity contribution in [2.24, 2.45) is 10.5 Å². The van der Waals surface area contributed by atoms with Gasteiger partial charge in [-0.15, -0.1) is 0 Å². The Morgan fingerprint density at radius 3 is 2.54 bits per heavy atom. The highest BCUT2D eigenvalue weighted by Crippen LogP contribution is 2.40. The number of nitro groups is 1. The zero-order chi connectivity index (χ0) is 19.3. The first-order chi connectivity index (χ1) is 12.2. The third-order valence-corrected chi connectivity index (χ3v) is 4.71. The van der Waals surface area contributed by atoms with Gasteiger partial charge in [-0.05, 0) is 62.3 Å². The van der Waals surface area contributed by atoms with Gasteiger partial charge >= 0.3 is 0 Å². The molecule has 0 spiro atoms. The first-order valence-corrected chi connectivity index (χ1v) is 8.68. The van der Waals surface area contributed by atoms with Crippen molar-refractivity contribution in [2.45, 2.75) is 47.0 Å². The highest BCUT2D eigenvalue weighted by molar-refractivity contribution is 5.97. The second-order valence-electron chi connectivity index (χ2n) is 7.26. The van der Waals surface area contributed by atoms with Crippen LogP contribution in [-0.2, 0) is 0 Å². The van der Waals surface area contributed by atoms with Crippen LogP contribution in [-0.4, -0.2) is 16.5 Å². The average molecular weight is 355 g/mol. The number of hydrogen-bond donors (Lipinski definition) is 1. The SMILES string of the molecule is CC1=C(/C=C/C(C)=N/NC(=O)c2ccc([N+](=O)[O-])cc2)C(C)(C)CCC1. The molecule has 1 aromatic rings. The van der Waals surface area contributed by atoms with Crippen LogP contribution in [0, 0.1) is 15.5 Å². The van der Waals surface area contributed by atoms with Crippen LogP contribution in [0.4, 0.5) is 5.69 Å². The van der Waals surface area contributed by atoms with Crippen LogP contribution in [0.1, 0.15) is 57.3 Å². The van der Waals surface area contributed by atoms with Gasteiger partial charge in [0.05, 0.1) is 10.6 Å². The van der Waals surface area contributed by atoms with E-state index in [1.54, 1.807) is 0 Å². The van der Waals surface area contributed by atoms with Crippen LogP contribution in [0.2, 0.25) is 0 Å². The predicted octanol–water partition coefficient (Wildman–Crippen LogP) is 4.78. The molecule has 1 aliphatic carbocycles. The number of carbonyl (C=O) groups excluding carboxylic acids is 1. The summed E-state index contributed by atoms with van der Waals surface area (Å²) < 4.78 is 0. The van der Waals surface area contributed by atoms with Crippen LogP contribution >= 0.6 is 0 Å². The predicted molar refractivity (Wildman–Crippen MR) is 103 cm³/mol. The Kier molecular flexibility index (Phi) is 6.08. The van der Waals surface area contributed by atoms with Crippen LogP contribution in [0.5, 0.6) is 0 Å². The fraction of sp³-hybridized carbons (Fsp3) is 0.400. The zero-order valence-electron chi connectivity index (χ0n) is 15.7. The first-order valence-electron chi connectivity index (χ1n) is 8.68. The third-order valence-electron chi connectivity index (χ3n) is 4.71. The molecule has 0 aliphatic heterocycles. The topological polar surface area (TPSA) is 84.6 Å². The highest BCUT2D eigenvalue weighted by atomic mass is 16.6. The minimum absolute atomic E-state index is 0.0529. The summed E-state index contributed by atoms with van der Waals surface area (Å²) in [6.07, 6.45) is 7.50. The standard InChI is InChI=1S/C20H25N3O3/c1-14-6-5-13-20(3,4)18(14)12-7-15(2)21-22-19(24)16-8-10-17(11-9-16)23(25)26/h7-12H,5-6,13H2,1-4H3,(H,22,24)/b12-7+,21-15+. The molecule has 0 saturated carbocycles. The number of nitro benzene ring substituents is 1. The van der Waals surface area contributed by atoms with E-state index in [9.17, 15) is 14.9 Å². The molecule has 0 radical (unpaired) electrons. The van der Waals surface area contributed by atoms with Crippen LogP contribution in [0.25, 0.3) is 0 Å². The van der Waals surface area contributed by atoms with Crippen molar-refractivity contribution in [2.75, 3.05) is 0 Å². The van der Waals surface area contributed by atoms with E-state index >= 15 is 0 Å². The number of hydrazone groups is 1. The summed E-state index contributed by atoms with van der Waals surface area (Å²) in [6.45, 7) is 8.48. The summed E-state index contributed by atoms with van der Waals surface area (Å²) in [4.78, 5) is 22.2. The smallest absolute Gasteiger partial charge is 0.267 e. The molecule has 0 saturated heterocycles. The van der Waals surface area contributed by atoms with Crippen molar-refractivity contribution in [3.63, 3.8) is 0 Å². The Labute approximate surface area is 153 Å². The van der Waals surface area contributed by atoms with Gasteiger partial charge in [0.25, 0.3) is 11.6 Å². The number of amides is 1. The van der Waals surface area contributed by atoms with E-state index in [-0.39, 0.29) is 11.1 Å². The molecule has 6 heteroatoms. The summed E-state index contributed by atoms with van der Waals surface area (Å²) in [5.41, 5.74) is 6.32. The molecular weight excluding hydrogens is 330 g/mol. The number of hydrogen-bond acceptors (Lipinski definition) is 4. The van der Waals surface area contributed by atoms with Crippen LogP contribution in [0.15, 0.2) is 52.7 Å². The maximum absolute atomic E-state index is 12.1. The molecule has 0 unspecified atom stereocenters. The normalized spacial score (nSPS) is 17.5. The second kappa shape index (κ2) is 8.08. The molecule has 1 aliphatic rings. The van der Waals surface area contributed by atoms with E-state index in [4.69, 9.17) is 0 Å². The molecule has 0 bridgehead atoms. The van der Waals surface area contributed by atoms with E-state index in [2.05, 4.69) is 37.4 Å². The number of non-ortho nitro benzene ring substituents is 1. The van der Waals surface area contributed by atoms with E-state index in [1.807, 2.05) is 13.0 Å². The Morgan fingerprint density at radius 1 is 1.31 bits per heavy atom. The quantitative estimate of drug-likeness (QED) is 0.468. The Balaban J connectivity index is 2.03. The molecule has 6 nitrogen and oxygen atoms in total. The van der Waals surface area contributed by atoms with E-state index in [0.717, 1.165) is 12.8 Å². The van der Waals surface area contributed by atoms with Gasteiger partial charge in [0, 0.05) is 17.7 Å². The van der Waals surface area contributed by atoms with Gasteiger partial charge in [0.1, 0.15) is 0 Å². The lowest BCUT2D eigenvalue weighted by atomic mass is 9.72. The number of allylic oxidation sites excluding steroid dienone is 4. The van der Waals surface area contributed by atoms with Crippen molar-refractivity contribution in [1.82, 2.24) is 5.43 Å². The zero-order valence-corrected chi connectivity index (χ0v) is 15.7. The summed E-state index contributed by atoms with van der Waals surface area (Å²) in [7, 11) is 0. The fourth-order valence-electron chi connectivity index (χ4n) is 3.19. The monoisotopic (exact) mass is 355 g/mol. The van der Waals surface area contributed by atoms with Gasteiger partial charge in [0.2, 0.25) is 0 Å². The van der Waals surface area contributed by atoms with Crippen LogP contribution < -0.4 is 5.43 Å². The van der Waals surface area contributed by atoms with Gasteiger partial charge in [-0.3, -0.25) is 14.9 Å². The Hall–Kier alpha value is -2.76. The molecule has 0 fully saturated rings. The lowest BCUT2D eigenvalue weighted by molar-refractivity contribution is -0.384. The van der Waals surface area contributed by atoms with Gasteiger partial charge in [-0.1, -0.05) is 25.5 Å². The summed E-state index contributed by atoms with van der Waals surface area (Å²) in [6, 6.07) is 5.41. The maximum Gasteiger partial charge on any atom is 0.271 e. The number of nitrogens with one attached hydrogen (secondary N) is 1. The molecule has 1 amide bonds. The summed E-state index contributed by atoms with van der Waals surface area (Å²) in [5, 5.41) is 14.7. The molecule has 138 valence electrons. The summed E-state index contributed by atoms with van der Waals surface area (Å²) in [5.74, 6) is -0.402. The second-order valence-corrected chi connectivity index (χ2v) is 7.26. The van der Waals surface area contributed by atoms with E-state index in [0.29, 0.717) is 11.3 Å². The van der Waals surface area contributed by atoms with E-state index in [1.165, 1.54) is 41.8 Å². The van der Waals surface area contributed by atoms with Gasteiger partial charge in [-0.25, -0.2) is 5.43 Å². The molecule has 1 aromatic carbocycles. The lowest BCUT2D eigenvalue weighted by Crippen LogP contribution is -2.20. The molecular formula is C20H25N3O3. The van der Waals surface area contributed by atoms with Gasteiger partial charge in [0.15, 0.2) is 0 Å². The number of nitrogens with zero attached hydrogens (tertiary/aromatic N) is 2. The number of benzene rings is 1. The number of rotatable bonds is 5.